The molecule has 14 heavy (non-hydrogen) atoms. The molecule has 5 nitrogen and oxygen atoms in total. The molecule has 0 saturated heterocycles. The van der Waals surface area contributed by atoms with Gasteiger partial charge >= 0.3 is 5.97 Å². The Hall–Kier alpha value is -1.36. The molecule has 0 aliphatic heterocycles. The van der Waals surface area contributed by atoms with Crippen molar-refractivity contribution in [2.45, 2.75) is 12.8 Å². The van der Waals surface area contributed by atoms with Crippen LogP contribution in [0.2, 0.25) is 0 Å². The molecule has 0 fully saturated rings. The van der Waals surface area contributed by atoms with Crippen LogP contribution in [-0.2, 0) is 10.6 Å². The summed E-state index contributed by atoms with van der Waals surface area (Å²) in [5.41, 5.74) is 0.678. The largest absolute Gasteiger partial charge is 0.464 e. The van der Waals surface area contributed by atoms with Crippen molar-refractivity contribution in [3.05, 3.63) is 17.5 Å². The smallest absolute Gasteiger partial charge is 0.360 e. The van der Waals surface area contributed by atoms with Gasteiger partial charge in [0.25, 0.3) is 0 Å². The number of hydrogen-bond donors (Lipinski definition) is 0. The van der Waals surface area contributed by atoms with Crippen molar-refractivity contribution in [1.82, 2.24) is 15.0 Å². The van der Waals surface area contributed by atoms with Crippen molar-refractivity contribution in [2.75, 3.05) is 7.11 Å². The fourth-order valence-corrected chi connectivity index (χ4v) is 1.20. The first-order valence-corrected chi connectivity index (χ1v) is 4.49. The fraction of sp³-hybridized carbons (Fsp3) is 0.375. The third-order valence-electron chi connectivity index (χ3n) is 1.59. The monoisotopic (exact) mass is 215 g/mol. The first kappa shape index (κ1) is 10.7. The van der Waals surface area contributed by atoms with Gasteiger partial charge in [0.1, 0.15) is 0 Å². The van der Waals surface area contributed by atoms with Crippen LogP contribution in [0.25, 0.3) is 6.20 Å². The Morgan fingerprint density at radius 2 is 2.43 bits per heavy atom. The SMILES string of the molecule is CC=Cn1nnc(C(=O)OC)c1CCl. The Kier molecular flexibility index (Phi) is 3.64. The van der Waals surface area contributed by atoms with Gasteiger partial charge in [0.15, 0.2) is 5.69 Å². The summed E-state index contributed by atoms with van der Waals surface area (Å²) in [7, 11) is 1.29. The molecule has 0 bridgehead atoms. The molecular weight excluding hydrogens is 206 g/mol. The van der Waals surface area contributed by atoms with Crippen LogP contribution in [-0.4, -0.2) is 28.1 Å². The molecule has 1 heterocycles. The van der Waals surface area contributed by atoms with Crippen LogP contribution < -0.4 is 0 Å². The lowest BCUT2D eigenvalue weighted by molar-refractivity contribution is 0.0593. The summed E-state index contributed by atoms with van der Waals surface area (Å²) in [6.07, 6.45) is 3.43. The van der Waals surface area contributed by atoms with E-state index >= 15 is 0 Å². The van der Waals surface area contributed by atoms with Crippen LogP contribution in [0, 0.1) is 0 Å². The highest BCUT2D eigenvalue weighted by Crippen LogP contribution is 2.10. The van der Waals surface area contributed by atoms with E-state index in [1.807, 2.05) is 6.92 Å². The van der Waals surface area contributed by atoms with Crippen molar-refractivity contribution in [3.8, 4) is 0 Å². The minimum atomic E-state index is -0.531. The summed E-state index contributed by atoms with van der Waals surface area (Å²) < 4.78 is 5.98. The Balaban J connectivity index is 3.13. The molecule has 0 saturated carbocycles. The van der Waals surface area contributed by atoms with E-state index in [9.17, 15) is 4.79 Å². The molecule has 0 aliphatic carbocycles. The Morgan fingerprint density at radius 1 is 1.71 bits per heavy atom. The summed E-state index contributed by atoms with van der Waals surface area (Å²) in [5.74, 6) is -0.377. The predicted octanol–water partition coefficient (Wildman–Crippen LogP) is 1.29. The first-order valence-electron chi connectivity index (χ1n) is 3.95. The molecule has 1 aromatic rings. The number of esters is 1. The first-order chi connectivity index (χ1) is 6.74. The molecule has 76 valence electrons. The second-order valence-electron chi connectivity index (χ2n) is 2.44. The zero-order chi connectivity index (χ0) is 10.6. The van der Waals surface area contributed by atoms with Gasteiger partial charge in [0, 0.05) is 6.20 Å². The van der Waals surface area contributed by atoms with Gasteiger partial charge in [-0.05, 0) is 6.92 Å². The van der Waals surface area contributed by atoms with Crippen LogP contribution >= 0.6 is 11.6 Å². The average molecular weight is 216 g/mol. The number of hydrogen-bond acceptors (Lipinski definition) is 4. The molecule has 0 unspecified atom stereocenters. The third-order valence-corrected chi connectivity index (χ3v) is 1.84. The lowest BCUT2D eigenvalue weighted by atomic mass is 10.3. The Bertz CT molecular complexity index is 359. The summed E-state index contributed by atoms with van der Waals surface area (Å²) >= 11 is 5.67. The number of carbonyl (C=O) groups is 1. The molecule has 6 heteroatoms. The number of carbonyl (C=O) groups excluding carboxylic acids is 1. The number of ether oxygens (including phenoxy) is 1. The van der Waals surface area contributed by atoms with E-state index in [0.29, 0.717) is 5.69 Å². The van der Waals surface area contributed by atoms with Gasteiger partial charge in [-0.1, -0.05) is 11.3 Å². The van der Waals surface area contributed by atoms with Crippen LogP contribution in [0.15, 0.2) is 6.08 Å². The van der Waals surface area contributed by atoms with E-state index in [2.05, 4.69) is 15.0 Å². The number of halogens is 1. The van der Waals surface area contributed by atoms with E-state index in [4.69, 9.17) is 11.6 Å². The molecule has 0 aromatic carbocycles. The summed E-state index contributed by atoms with van der Waals surface area (Å²) in [6.45, 7) is 1.83. The number of alkyl halides is 1. The maximum atomic E-state index is 11.2. The minimum Gasteiger partial charge on any atom is -0.464 e. The summed E-state index contributed by atoms with van der Waals surface area (Å²) in [6, 6.07) is 0. The molecule has 1 rings (SSSR count). The lowest BCUT2D eigenvalue weighted by Gasteiger charge is -1.98. The number of aromatic nitrogens is 3. The number of rotatable bonds is 3. The molecule has 0 atom stereocenters. The molecule has 1 aromatic heterocycles. The van der Waals surface area contributed by atoms with Crippen molar-refractivity contribution in [3.63, 3.8) is 0 Å². The second kappa shape index (κ2) is 4.76. The fourth-order valence-electron chi connectivity index (χ4n) is 0.954. The summed E-state index contributed by atoms with van der Waals surface area (Å²) in [4.78, 5) is 11.2. The summed E-state index contributed by atoms with van der Waals surface area (Å²) in [5, 5.41) is 7.42. The van der Waals surface area contributed by atoms with E-state index < -0.39 is 5.97 Å². The van der Waals surface area contributed by atoms with Crippen LogP contribution in [0.4, 0.5) is 0 Å². The van der Waals surface area contributed by atoms with E-state index in [0.717, 1.165) is 0 Å². The van der Waals surface area contributed by atoms with Crippen LogP contribution in [0.5, 0.6) is 0 Å². The zero-order valence-corrected chi connectivity index (χ0v) is 8.65. The van der Waals surface area contributed by atoms with Gasteiger partial charge in [-0.2, -0.15) is 0 Å². The third kappa shape index (κ3) is 1.93. The topological polar surface area (TPSA) is 57.0 Å². The van der Waals surface area contributed by atoms with E-state index in [-0.39, 0.29) is 11.6 Å². The highest BCUT2D eigenvalue weighted by Gasteiger charge is 2.18. The van der Waals surface area contributed by atoms with Gasteiger partial charge in [-0.25, -0.2) is 9.48 Å². The molecule has 0 aliphatic rings. The standard InChI is InChI=1S/C8H10ClN3O2/c1-3-4-12-6(5-9)7(10-11-12)8(13)14-2/h3-4H,5H2,1-2H3. The highest BCUT2D eigenvalue weighted by molar-refractivity contribution is 6.17. The van der Waals surface area contributed by atoms with Crippen molar-refractivity contribution in [2.24, 2.45) is 0 Å². The second-order valence-corrected chi connectivity index (χ2v) is 2.70. The number of methoxy groups -OCH3 is 1. The van der Waals surface area contributed by atoms with Gasteiger partial charge in [0.05, 0.1) is 18.7 Å². The van der Waals surface area contributed by atoms with Gasteiger partial charge in [0.2, 0.25) is 0 Å². The van der Waals surface area contributed by atoms with Crippen molar-refractivity contribution >= 4 is 23.8 Å². The van der Waals surface area contributed by atoms with Crippen molar-refractivity contribution in [1.29, 1.82) is 0 Å². The lowest BCUT2D eigenvalue weighted by Crippen LogP contribution is -2.05. The van der Waals surface area contributed by atoms with Gasteiger partial charge in [-0.3, -0.25) is 0 Å². The maximum Gasteiger partial charge on any atom is 0.360 e. The van der Waals surface area contributed by atoms with E-state index in [1.54, 1.807) is 12.3 Å². The van der Waals surface area contributed by atoms with E-state index in [1.165, 1.54) is 11.8 Å². The van der Waals surface area contributed by atoms with Gasteiger partial charge in [-0.15, -0.1) is 16.7 Å². The normalized spacial score (nSPS) is 10.8. The molecule has 0 N–H and O–H groups in total. The average Bonchev–Trinajstić information content (AvgIpc) is 2.60. The highest BCUT2D eigenvalue weighted by atomic mass is 35.5. The molecule has 0 amide bonds. The predicted molar refractivity (Wildman–Crippen MR) is 51.9 cm³/mol. The minimum absolute atomic E-state index is 0.153. The van der Waals surface area contributed by atoms with Crippen LogP contribution in [0.3, 0.4) is 0 Å². The molecule has 0 spiro atoms. The van der Waals surface area contributed by atoms with Crippen LogP contribution in [0.1, 0.15) is 23.1 Å². The zero-order valence-electron chi connectivity index (χ0n) is 7.90. The van der Waals surface area contributed by atoms with Crippen molar-refractivity contribution < 1.29 is 9.53 Å². The number of allylic oxidation sites excluding steroid dienone is 1. The quantitative estimate of drug-likeness (QED) is 0.563. The molecular formula is C8H10ClN3O2. The van der Waals surface area contributed by atoms with Gasteiger partial charge < -0.3 is 4.74 Å². The maximum absolute atomic E-state index is 11.2. The number of nitrogens with zero attached hydrogens (tertiary/aromatic N) is 3. The Labute approximate surface area is 86.3 Å². The Morgan fingerprint density at radius 3 is 2.93 bits per heavy atom. The molecule has 0 radical (unpaired) electrons.